The van der Waals surface area contributed by atoms with Gasteiger partial charge in [0.05, 0.1) is 0 Å². The maximum atomic E-state index is 5.77. The van der Waals surface area contributed by atoms with Gasteiger partial charge in [-0.25, -0.2) is 0 Å². The van der Waals surface area contributed by atoms with Crippen LogP contribution in [0.2, 0.25) is 0 Å². The lowest BCUT2D eigenvalue weighted by molar-refractivity contribution is 0.551. The van der Waals surface area contributed by atoms with Crippen LogP contribution in [0.4, 0.5) is 0 Å². The number of nitrogens with zero attached hydrogens (tertiary/aromatic N) is 2. The number of para-hydroxylation sites is 2. The number of halogens is 2. The van der Waals surface area contributed by atoms with E-state index in [4.69, 9.17) is 32.7 Å². The summed E-state index contributed by atoms with van der Waals surface area (Å²) in [7, 11) is 0. The van der Waals surface area contributed by atoms with Gasteiger partial charge < -0.3 is 9.47 Å². The average Bonchev–Trinajstić information content (AvgIpc) is 2.47. The second-order valence-electron chi connectivity index (χ2n) is 3.54. The lowest BCUT2D eigenvalue weighted by atomic mass is 10.3. The van der Waals surface area contributed by atoms with Gasteiger partial charge in [-0.3, -0.25) is 0 Å². The summed E-state index contributed by atoms with van der Waals surface area (Å²) in [4.78, 5) is 0. The van der Waals surface area contributed by atoms with Crippen LogP contribution in [0.15, 0.2) is 70.9 Å². The highest BCUT2D eigenvalue weighted by Gasteiger charge is 2.00. The van der Waals surface area contributed by atoms with Gasteiger partial charge in [0.1, 0.15) is 11.5 Å². The van der Waals surface area contributed by atoms with E-state index in [-0.39, 0.29) is 10.7 Å². The van der Waals surface area contributed by atoms with Gasteiger partial charge >= 0.3 is 10.7 Å². The molecule has 0 unspecified atom stereocenters. The van der Waals surface area contributed by atoms with E-state index in [9.17, 15) is 0 Å². The maximum absolute atomic E-state index is 5.77. The lowest BCUT2D eigenvalue weighted by Gasteiger charge is -2.01. The van der Waals surface area contributed by atoms with Gasteiger partial charge in [-0.1, -0.05) is 46.6 Å². The quantitative estimate of drug-likeness (QED) is 0.483. The minimum absolute atomic E-state index is 0.161. The number of rotatable bonds is 3. The Labute approximate surface area is 126 Å². The third-order valence-electron chi connectivity index (χ3n) is 2.10. The van der Waals surface area contributed by atoms with Crippen molar-refractivity contribution in [3.8, 4) is 11.5 Å². The molecular weight excluding hydrogens is 299 g/mol. The van der Waals surface area contributed by atoms with Gasteiger partial charge in [0, 0.05) is 0 Å². The summed E-state index contributed by atoms with van der Waals surface area (Å²) >= 11 is 11.5. The van der Waals surface area contributed by atoms with Crippen LogP contribution in [-0.2, 0) is 0 Å². The molecule has 0 aliphatic heterocycles. The fraction of sp³-hybridized carbons (Fsp3) is 0. The van der Waals surface area contributed by atoms with Crippen molar-refractivity contribution >= 4 is 33.9 Å². The average molecular weight is 309 g/mol. The van der Waals surface area contributed by atoms with Gasteiger partial charge in [0.15, 0.2) is 0 Å². The van der Waals surface area contributed by atoms with Crippen LogP contribution in [0, 0.1) is 0 Å². The molecule has 0 amide bonds. The molecule has 2 aromatic carbocycles. The van der Waals surface area contributed by atoms with Crippen molar-refractivity contribution < 1.29 is 9.47 Å². The van der Waals surface area contributed by atoms with Gasteiger partial charge in [-0.2, -0.15) is 0 Å². The van der Waals surface area contributed by atoms with Crippen LogP contribution >= 0.6 is 23.2 Å². The third-order valence-corrected chi connectivity index (χ3v) is 2.40. The molecule has 0 aromatic heterocycles. The van der Waals surface area contributed by atoms with E-state index in [0.29, 0.717) is 11.5 Å². The van der Waals surface area contributed by atoms with Gasteiger partial charge in [-0.05, 0) is 47.5 Å². The van der Waals surface area contributed by atoms with Crippen molar-refractivity contribution in [3.63, 3.8) is 0 Å². The van der Waals surface area contributed by atoms with E-state index in [1.54, 1.807) is 24.3 Å². The predicted molar refractivity (Wildman–Crippen MR) is 80.7 cm³/mol. The summed E-state index contributed by atoms with van der Waals surface area (Å²) in [5.74, 6) is 1.10. The predicted octanol–water partition coefficient (Wildman–Crippen LogP) is 4.25. The van der Waals surface area contributed by atoms with E-state index in [1.807, 2.05) is 36.4 Å². The molecule has 2 aromatic rings. The summed E-state index contributed by atoms with van der Waals surface area (Å²) in [6.07, 6.45) is 0. The van der Waals surface area contributed by atoms with E-state index < -0.39 is 0 Å². The minimum atomic E-state index is -0.161. The summed E-state index contributed by atoms with van der Waals surface area (Å²) in [6.45, 7) is 0. The maximum Gasteiger partial charge on any atom is 0.311 e. The van der Waals surface area contributed by atoms with Crippen molar-refractivity contribution in [3.05, 3.63) is 60.7 Å². The van der Waals surface area contributed by atoms with Crippen LogP contribution in [0.1, 0.15) is 0 Å². The van der Waals surface area contributed by atoms with Crippen molar-refractivity contribution in [2.24, 2.45) is 10.2 Å². The topological polar surface area (TPSA) is 43.2 Å². The van der Waals surface area contributed by atoms with E-state index in [0.717, 1.165) is 0 Å². The molecule has 0 saturated carbocycles. The van der Waals surface area contributed by atoms with Gasteiger partial charge in [0.2, 0.25) is 0 Å². The molecule has 20 heavy (non-hydrogen) atoms. The number of hydrogen-bond donors (Lipinski definition) is 0. The zero-order valence-electron chi connectivity index (χ0n) is 10.2. The highest BCUT2D eigenvalue weighted by atomic mass is 35.5. The zero-order valence-corrected chi connectivity index (χ0v) is 11.8. The number of hydrogen-bond acceptors (Lipinski definition) is 4. The molecule has 6 heteroatoms. The molecule has 0 radical (unpaired) electrons. The van der Waals surface area contributed by atoms with Crippen LogP contribution in [-0.4, -0.2) is 10.7 Å². The minimum Gasteiger partial charge on any atom is -0.429 e. The highest BCUT2D eigenvalue weighted by Crippen LogP contribution is 2.12. The Balaban J connectivity index is 1.94. The summed E-state index contributed by atoms with van der Waals surface area (Å²) in [6, 6.07) is 17.9. The van der Waals surface area contributed by atoms with Crippen LogP contribution in [0.25, 0.3) is 0 Å². The van der Waals surface area contributed by atoms with Crippen molar-refractivity contribution in [2.45, 2.75) is 0 Å². The molecule has 0 aliphatic carbocycles. The van der Waals surface area contributed by atoms with Crippen molar-refractivity contribution in [1.29, 1.82) is 0 Å². The zero-order chi connectivity index (χ0) is 14.2. The van der Waals surface area contributed by atoms with Crippen molar-refractivity contribution in [1.82, 2.24) is 0 Å². The first-order valence-corrected chi connectivity index (χ1v) is 6.42. The summed E-state index contributed by atoms with van der Waals surface area (Å²) in [5.41, 5.74) is 0. The van der Waals surface area contributed by atoms with E-state index in [1.165, 1.54) is 0 Å². The van der Waals surface area contributed by atoms with Crippen LogP contribution in [0.5, 0.6) is 11.5 Å². The largest absolute Gasteiger partial charge is 0.429 e. The van der Waals surface area contributed by atoms with Gasteiger partial charge in [-0.15, -0.1) is 0 Å². The Morgan fingerprint density at radius 2 is 1.00 bits per heavy atom. The molecule has 0 heterocycles. The molecule has 0 aliphatic rings. The fourth-order valence-corrected chi connectivity index (χ4v) is 1.54. The molecule has 4 nitrogen and oxygen atoms in total. The standard InChI is InChI=1S/C14H10Cl2N2O2/c15-13(19-11-7-3-1-4-8-11)17-18-14(16)20-12-9-5-2-6-10-12/h1-10H/b17-13-,18-14-. The Morgan fingerprint density at radius 3 is 1.35 bits per heavy atom. The third kappa shape index (κ3) is 4.91. The summed E-state index contributed by atoms with van der Waals surface area (Å²) < 4.78 is 10.4. The SMILES string of the molecule is Cl/C(=N/N=C(/Cl)Oc1ccccc1)Oc1ccccc1. The second kappa shape index (κ2) is 7.53. The molecule has 0 saturated heterocycles. The fourth-order valence-electron chi connectivity index (χ4n) is 1.29. The molecule has 0 spiro atoms. The van der Waals surface area contributed by atoms with E-state index in [2.05, 4.69) is 10.2 Å². The normalized spacial score (nSPS) is 12.1. The van der Waals surface area contributed by atoms with Gasteiger partial charge in [0.25, 0.3) is 0 Å². The van der Waals surface area contributed by atoms with Crippen molar-refractivity contribution in [2.75, 3.05) is 0 Å². The number of benzene rings is 2. The molecule has 0 fully saturated rings. The molecule has 2 rings (SSSR count). The Morgan fingerprint density at radius 1 is 0.650 bits per heavy atom. The monoisotopic (exact) mass is 308 g/mol. The molecule has 102 valence electrons. The number of ether oxygens (including phenoxy) is 2. The molecular formula is C14H10Cl2N2O2. The first-order chi connectivity index (χ1) is 9.74. The smallest absolute Gasteiger partial charge is 0.311 e. The lowest BCUT2D eigenvalue weighted by Crippen LogP contribution is -2.02. The van der Waals surface area contributed by atoms with Crippen LogP contribution in [0.3, 0.4) is 0 Å². The molecule has 0 bridgehead atoms. The van der Waals surface area contributed by atoms with E-state index >= 15 is 0 Å². The Kier molecular flexibility index (Phi) is 5.41. The second-order valence-corrected chi connectivity index (χ2v) is 4.18. The first-order valence-electron chi connectivity index (χ1n) is 5.66. The Hall–Kier alpha value is -2.04. The Bertz CT molecular complexity index is 546. The highest BCUT2D eigenvalue weighted by molar-refractivity contribution is 6.64. The molecule has 0 atom stereocenters. The summed E-state index contributed by atoms with van der Waals surface area (Å²) in [5, 5.41) is 6.89. The first kappa shape index (κ1) is 14.4. The molecule has 0 N–H and O–H groups in total. The van der Waals surface area contributed by atoms with Crippen LogP contribution < -0.4 is 9.47 Å².